The van der Waals surface area contributed by atoms with Crippen molar-refractivity contribution in [1.29, 1.82) is 0 Å². The molecule has 0 radical (unpaired) electrons. The van der Waals surface area contributed by atoms with Gasteiger partial charge in [-0.05, 0) is 111 Å². The van der Waals surface area contributed by atoms with Gasteiger partial charge in [0.2, 0.25) is 0 Å². The van der Waals surface area contributed by atoms with Crippen LogP contribution in [0.4, 0.5) is 0 Å². The summed E-state index contributed by atoms with van der Waals surface area (Å²) >= 11 is 0. The first-order chi connectivity index (χ1) is 15.6. The predicted molar refractivity (Wildman–Crippen MR) is 138 cm³/mol. The van der Waals surface area contributed by atoms with Crippen LogP contribution in [0.25, 0.3) is 0 Å². The van der Waals surface area contributed by atoms with E-state index in [2.05, 4.69) is 59.4 Å². The summed E-state index contributed by atoms with van der Waals surface area (Å²) in [6.45, 7) is 17.9. The normalized spacial score (nSPS) is 42.0. The lowest BCUT2D eigenvalue weighted by Crippen LogP contribution is -2.50. The Bertz CT molecular complexity index is 821. The first-order valence-electron chi connectivity index (χ1n) is 13.8. The van der Waals surface area contributed by atoms with Gasteiger partial charge in [0, 0.05) is 6.92 Å². The van der Waals surface area contributed by atoms with Crippen LogP contribution in [0.15, 0.2) is 36.0 Å². The van der Waals surface area contributed by atoms with Gasteiger partial charge in [-0.3, -0.25) is 4.79 Å². The summed E-state index contributed by atoms with van der Waals surface area (Å²) in [4.78, 5) is 11.5. The van der Waals surface area contributed by atoms with Crippen LogP contribution in [0.5, 0.6) is 0 Å². The van der Waals surface area contributed by atoms with Crippen LogP contribution >= 0.6 is 0 Å². The fraction of sp³-hybridized carbons (Fsp3) is 0.774. The minimum Gasteiger partial charge on any atom is -0.463 e. The number of fused-ring (bicyclic) bond motifs is 5. The lowest BCUT2D eigenvalue weighted by atomic mass is 9.47. The van der Waals surface area contributed by atoms with Crippen LogP contribution in [-0.2, 0) is 9.53 Å². The molecule has 0 aromatic heterocycles. The number of rotatable bonds is 6. The Morgan fingerprint density at radius 3 is 2.48 bits per heavy atom. The Labute approximate surface area is 203 Å². The smallest absolute Gasteiger partial charge is 0.302 e. The van der Waals surface area contributed by atoms with Gasteiger partial charge < -0.3 is 4.74 Å². The minimum atomic E-state index is -0.113. The van der Waals surface area contributed by atoms with Gasteiger partial charge in [0.1, 0.15) is 6.10 Å². The maximum Gasteiger partial charge on any atom is 0.302 e. The molecule has 184 valence electrons. The Morgan fingerprint density at radius 1 is 1.12 bits per heavy atom. The van der Waals surface area contributed by atoms with Crippen LogP contribution in [0, 0.1) is 46.3 Å². The summed E-state index contributed by atoms with van der Waals surface area (Å²) in [5, 5.41) is 0. The van der Waals surface area contributed by atoms with Gasteiger partial charge >= 0.3 is 5.97 Å². The molecule has 0 spiro atoms. The highest BCUT2D eigenvalue weighted by Crippen LogP contribution is 2.66. The molecule has 4 aliphatic carbocycles. The van der Waals surface area contributed by atoms with Gasteiger partial charge in [-0.15, -0.1) is 0 Å². The van der Waals surface area contributed by atoms with E-state index in [9.17, 15) is 4.79 Å². The molecule has 0 saturated heterocycles. The van der Waals surface area contributed by atoms with Crippen molar-refractivity contribution >= 4 is 5.97 Å². The molecular formula is C31H48O2. The van der Waals surface area contributed by atoms with Gasteiger partial charge in [0.25, 0.3) is 0 Å². The SMILES string of the molecule is C=C(C)[C@H](/C=C/[C@@H](C)[C@H]1CC[C@H]2C3=CC[C@H]4C[C@@H](OC(C)=O)CC[C@]4(C)[C@H]3CC[C@]12C)CC. The molecular weight excluding hydrogens is 404 g/mol. The van der Waals surface area contributed by atoms with Crippen molar-refractivity contribution < 1.29 is 9.53 Å². The van der Waals surface area contributed by atoms with Crippen molar-refractivity contribution in [2.75, 3.05) is 0 Å². The molecule has 9 atom stereocenters. The van der Waals surface area contributed by atoms with Gasteiger partial charge in [0.15, 0.2) is 0 Å². The minimum absolute atomic E-state index is 0.113. The van der Waals surface area contributed by atoms with Crippen molar-refractivity contribution in [2.45, 2.75) is 105 Å². The van der Waals surface area contributed by atoms with E-state index in [1.165, 1.54) is 44.1 Å². The third kappa shape index (κ3) is 4.41. The first kappa shape index (κ1) is 24.8. The summed E-state index contributed by atoms with van der Waals surface area (Å²) in [5.41, 5.74) is 3.94. The summed E-state index contributed by atoms with van der Waals surface area (Å²) in [7, 11) is 0. The largest absolute Gasteiger partial charge is 0.463 e. The van der Waals surface area contributed by atoms with Gasteiger partial charge in [-0.1, -0.05) is 63.6 Å². The Kier molecular flexibility index (Phi) is 7.05. The van der Waals surface area contributed by atoms with Crippen molar-refractivity contribution in [3.63, 3.8) is 0 Å². The molecule has 2 nitrogen and oxygen atoms in total. The summed E-state index contributed by atoms with van der Waals surface area (Å²) in [5.74, 6) is 4.01. The number of allylic oxidation sites excluding steroid dienone is 5. The van der Waals surface area contributed by atoms with Crippen molar-refractivity contribution in [1.82, 2.24) is 0 Å². The number of hydrogen-bond acceptors (Lipinski definition) is 2. The average Bonchev–Trinajstić information content (AvgIpc) is 3.11. The first-order valence-corrected chi connectivity index (χ1v) is 13.8. The van der Waals surface area contributed by atoms with E-state index in [0.29, 0.717) is 28.6 Å². The van der Waals surface area contributed by atoms with Crippen LogP contribution in [-0.4, -0.2) is 12.1 Å². The second-order valence-corrected chi connectivity index (χ2v) is 12.6. The van der Waals surface area contributed by atoms with E-state index in [1.807, 2.05) is 5.57 Å². The number of carbonyl (C=O) groups is 1. The highest BCUT2D eigenvalue weighted by molar-refractivity contribution is 5.66. The highest BCUT2D eigenvalue weighted by Gasteiger charge is 2.58. The van der Waals surface area contributed by atoms with E-state index in [0.717, 1.165) is 37.0 Å². The zero-order valence-corrected chi connectivity index (χ0v) is 22.2. The molecule has 3 fully saturated rings. The molecule has 0 aromatic rings. The summed E-state index contributed by atoms with van der Waals surface area (Å²) in [6.07, 6.45) is 18.9. The Hall–Kier alpha value is -1.31. The van der Waals surface area contributed by atoms with E-state index in [1.54, 1.807) is 6.92 Å². The molecule has 33 heavy (non-hydrogen) atoms. The molecule has 4 rings (SSSR count). The van der Waals surface area contributed by atoms with Crippen LogP contribution in [0.3, 0.4) is 0 Å². The summed E-state index contributed by atoms with van der Waals surface area (Å²) < 4.78 is 5.64. The molecule has 0 unspecified atom stereocenters. The zero-order valence-electron chi connectivity index (χ0n) is 22.2. The second-order valence-electron chi connectivity index (χ2n) is 12.6. The quantitative estimate of drug-likeness (QED) is 0.299. The monoisotopic (exact) mass is 452 g/mol. The summed E-state index contributed by atoms with van der Waals surface area (Å²) in [6, 6.07) is 0. The Balaban J connectivity index is 1.51. The standard InChI is InChI=1S/C31H48O2/c1-8-23(20(2)3)10-9-21(4)27-13-14-28-26-12-11-24-19-25(33-22(5)32)15-17-30(24,6)29(26)16-18-31(27,28)7/h9-10,12,21,23-25,27-29H,2,8,11,13-19H2,1,3-7H3/b10-9+/t21-,23+,24+,25+,27-,28+,29+,30+,31-/m1/s1. The number of carbonyl (C=O) groups excluding carboxylic acids is 1. The van der Waals surface area contributed by atoms with Crippen molar-refractivity contribution in [3.8, 4) is 0 Å². The molecule has 0 heterocycles. The lowest BCUT2D eigenvalue weighted by molar-refractivity contribution is -0.152. The third-order valence-electron chi connectivity index (χ3n) is 10.8. The molecule has 3 saturated carbocycles. The average molecular weight is 453 g/mol. The predicted octanol–water partition coefficient (Wildman–Crippen LogP) is 8.29. The van der Waals surface area contributed by atoms with Crippen LogP contribution in [0.1, 0.15) is 99.3 Å². The molecule has 4 aliphatic rings. The van der Waals surface area contributed by atoms with Crippen LogP contribution < -0.4 is 0 Å². The molecule has 0 N–H and O–H groups in total. The van der Waals surface area contributed by atoms with Gasteiger partial charge in [-0.25, -0.2) is 0 Å². The molecule has 2 heteroatoms. The maximum absolute atomic E-state index is 11.5. The molecule has 0 aliphatic heterocycles. The maximum atomic E-state index is 11.5. The van der Waals surface area contributed by atoms with E-state index >= 15 is 0 Å². The third-order valence-corrected chi connectivity index (χ3v) is 10.8. The van der Waals surface area contributed by atoms with E-state index in [4.69, 9.17) is 4.74 Å². The van der Waals surface area contributed by atoms with Crippen molar-refractivity contribution in [2.24, 2.45) is 46.3 Å². The molecule has 0 amide bonds. The van der Waals surface area contributed by atoms with Crippen LogP contribution in [0.2, 0.25) is 0 Å². The Morgan fingerprint density at radius 2 is 1.82 bits per heavy atom. The van der Waals surface area contributed by atoms with Crippen molar-refractivity contribution in [3.05, 3.63) is 36.0 Å². The van der Waals surface area contributed by atoms with Gasteiger partial charge in [0.05, 0.1) is 0 Å². The van der Waals surface area contributed by atoms with E-state index < -0.39 is 0 Å². The fourth-order valence-corrected chi connectivity index (χ4v) is 8.81. The second kappa shape index (κ2) is 9.38. The molecule has 0 bridgehead atoms. The van der Waals surface area contributed by atoms with E-state index in [-0.39, 0.29) is 12.1 Å². The fourth-order valence-electron chi connectivity index (χ4n) is 8.81. The molecule has 0 aromatic carbocycles. The highest BCUT2D eigenvalue weighted by atomic mass is 16.5. The van der Waals surface area contributed by atoms with Gasteiger partial charge in [-0.2, -0.15) is 0 Å². The number of hydrogen-bond donors (Lipinski definition) is 0. The number of esters is 1. The lowest BCUT2D eigenvalue weighted by Gasteiger charge is -2.58. The zero-order chi connectivity index (χ0) is 24.0. The number of ether oxygens (including phenoxy) is 1. The topological polar surface area (TPSA) is 26.3 Å².